The molecule has 4 rings (SSSR count). The average Bonchev–Trinajstić information content (AvgIpc) is 2.93. The molecule has 51 heavy (non-hydrogen) atoms. The van der Waals surface area contributed by atoms with Crippen LogP contribution in [0.2, 0.25) is 25.1 Å². The van der Waals surface area contributed by atoms with Gasteiger partial charge < -0.3 is 0 Å². The van der Waals surface area contributed by atoms with Gasteiger partial charge in [-0.1, -0.05) is 159 Å². The van der Waals surface area contributed by atoms with Crippen LogP contribution < -0.4 is 0 Å². The van der Waals surface area contributed by atoms with Crippen molar-refractivity contribution in [1.82, 2.24) is 0 Å². The highest BCUT2D eigenvalue weighted by molar-refractivity contribution is 6.37. The Kier molecular flexibility index (Phi) is 17.0. The molecule has 0 spiro atoms. The minimum atomic E-state index is -0.658. The summed E-state index contributed by atoms with van der Waals surface area (Å²) in [4.78, 5) is 0. The van der Waals surface area contributed by atoms with Crippen LogP contribution in [0.3, 0.4) is 0 Å². The Morgan fingerprint density at radius 3 is 1.04 bits per heavy atom. The van der Waals surface area contributed by atoms with Crippen LogP contribution in [0.1, 0.15) is 116 Å². The number of hydrogen-bond donors (Lipinski definition) is 0. The van der Waals surface area contributed by atoms with Crippen LogP contribution in [0.25, 0.3) is 0 Å². The zero-order valence-electron chi connectivity index (χ0n) is 32.1. The lowest BCUT2D eigenvalue weighted by Gasteiger charge is -2.23. The molecule has 0 atom stereocenters. The Bertz CT molecular complexity index is 1610. The van der Waals surface area contributed by atoms with Gasteiger partial charge >= 0.3 is 0 Å². The van der Waals surface area contributed by atoms with Crippen LogP contribution in [0, 0.1) is 37.1 Å². The molecule has 9 heteroatoms. The number of hydrogen-bond acceptors (Lipinski definition) is 0. The van der Waals surface area contributed by atoms with E-state index >= 15 is 0 Å². The molecule has 0 aliphatic rings. The SMILES string of the molecule is CC(C)(C)c1c(Cl)cccc1Cl.CC(C)(C)c1c(F)ccc(Cl)c1F.Cc1ccc(Cl)c(C(C)(C)C)c1Cl.Cc1ccc(F)c(C(C)(C)C)c1F. The lowest BCUT2D eigenvalue weighted by molar-refractivity contribution is 0.472. The van der Waals surface area contributed by atoms with E-state index in [0.29, 0.717) is 5.56 Å². The van der Waals surface area contributed by atoms with Crippen molar-refractivity contribution < 1.29 is 17.6 Å². The minimum Gasteiger partial charge on any atom is -0.207 e. The van der Waals surface area contributed by atoms with Gasteiger partial charge in [0.1, 0.15) is 23.3 Å². The van der Waals surface area contributed by atoms with Gasteiger partial charge in [-0.05, 0) is 94.2 Å². The van der Waals surface area contributed by atoms with Gasteiger partial charge in [-0.15, -0.1) is 0 Å². The predicted octanol–water partition coefficient (Wildman–Crippen LogP) is 16.4. The van der Waals surface area contributed by atoms with Gasteiger partial charge in [0, 0.05) is 31.2 Å². The van der Waals surface area contributed by atoms with Crippen molar-refractivity contribution in [1.29, 1.82) is 0 Å². The maximum Gasteiger partial charge on any atom is 0.148 e. The zero-order valence-corrected chi connectivity index (χ0v) is 35.9. The van der Waals surface area contributed by atoms with Crippen molar-refractivity contribution in [2.24, 2.45) is 0 Å². The molecule has 0 unspecified atom stereocenters. The molecule has 0 nitrogen and oxygen atoms in total. The summed E-state index contributed by atoms with van der Waals surface area (Å²) in [6.45, 7) is 26.9. The molecule has 282 valence electrons. The molecule has 0 bridgehead atoms. The first-order chi connectivity index (χ1) is 22.9. The van der Waals surface area contributed by atoms with E-state index < -0.39 is 34.1 Å². The van der Waals surface area contributed by atoms with E-state index in [1.165, 1.54) is 24.3 Å². The van der Waals surface area contributed by atoms with Crippen LogP contribution >= 0.6 is 58.0 Å². The Morgan fingerprint density at radius 1 is 0.373 bits per heavy atom. The van der Waals surface area contributed by atoms with Crippen LogP contribution in [-0.2, 0) is 21.7 Å². The largest absolute Gasteiger partial charge is 0.207 e. The van der Waals surface area contributed by atoms with Gasteiger partial charge in [-0.25, -0.2) is 17.6 Å². The summed E-state index contributed by atoms with van der Waals surface area (Å²) in [5.74, 6) is -2.09. The summed E-state index contributed by atoms with van der Waals surface area (Å²) in [5.41, 5.74) is 2.80. The molecule has 4 aromatic rings. The van der Waals surface area contributed by atoms with Gasteiger partial charge in [-0.3, -0.25) is 0 Å². The fraction of sp³-hybridized carbons (Fsp3) is 0.429. The second-order valence-corrected chi connectivity index (χ2v) is 18.4. The average molecular weight is 809 g/mol. The molecule has 0 aliphatic carbocycles. The van der Waals surface area contributed by atoms with Gasteiger partial charge in [0.2, 0.25) is 0 Å². The van der Waals surface area contributed by atoms with Crippen molar-refractivity contribution >= 4 is 58.0 Å². The summed E-state index contributed by atoms with van der Waals surface area (Å²) in [7, 11) is 0. The highest BCUT2D eigenvalue weighted by Gasteiger charge is 2.26. The van der Waals surface area contributed by atoms with E-state index in [4.69, 9.17) is 58.0 Å². The molecule has 0 aliphatic heterocycles. The topological polar surface area (TPSA) is 0 Å². The lowest BCUT2D eigenvalue weighted by atomic mass is 9.85. The Hall–Kier alpha value is -1.95. The predicted molar refractivity (Wildman–Crippen MR) is 215 cm³/mol. The molecule has 4 aromatic carbocycles. The molecule has 0 fully saturated rings. The number of halogens is 9. The summed E-state index contributed by atoms with van der Waals surface area (Å²) in [6.07, 6.45) is 0. The zero-order chi connectivity index (χ0) is 40.0. The Labute approximate surface area is 328 Å². The van der Waals surface area contributed by atoms with E-state index in [1.54, 1.807) is 48.5 Å². The van der Waals surface area contributed by atoms with Gasteiger partial charge in [-0.2, -0.15) is 0 Å². The van der Waals surface area contributed by atoms with E-state index in [0.717, 1.165) is 36.8 Å². The van der Waals surface area contributed by atoms with E-state index in [1.807, 2.05) is 37.3 Å². The minimum absolute atomic E-state index is 0.000185. The van der Waals surface area contributed by atoms with Crippen LogP contribution in [0.15, 0.2) is 54.6 Å². The first kappa shape index (κ1) is 47.1. The molecule has 0 aromatic heterocycles. The van der Waals surface area contributed by atoms with Crippen molar-refractivity contribution in [3.8, 4) is 0 Å². The molecule has 0 saturated carbocycles. The Balaban J connectivity index is 0.000000340. The molecule has 0 saturated heterocycles. The fourth-order valence-electron chi connectivity index (χ4n) is 5.12. The number of benzene rings is 4. The van der Waals surface area contributed by atoms with E-state index in [-0.39, 0.29) is 27.0 Å². The molecular formula is C42H51Cl5F4. The summed E-state index contributed by atoms with van der Waals surface area (Å²) in [5, 5.41) is 3.00. The molecule has 0 radical (unpaired) electrons. The second-order valence-electron chi connectivity index (χ2n) is 16.4. The normalized spacial score (nSPS) is 11.8. The lowest BCUT2D eigenvalue weighted by Crippen LogP contribution is -2.16. The molecule has 0 amide bonds. The first-order valence-corrected chi connectivity index (χ1v) is 18.3. The third-order valence-corrected chi connectivity index (χ3v) is 9.30. The van der Waals surface area contributed by atoms with Crippen LogP contribution in [-0.4, -0.2) is 0 Å². The van der Waals surface area contributed by atoms with E-state index in [9.17, 15) is 17.6 Å². The van der Waals surface area contributed by atoms with Gasteiger partial charge in [0.05, 0.1) is 5.02 Å². The quantitative estimate of drug-likeness (QED) is 0.123. The highest BCUT2D eigenvalue weighted by Crippen LogP contribution is 2.38. The Morgan fingerprint density at radius 2 is 0.706 bits per heavy atom. The maximum absolute atomic E-state index is 13.5. The highest BCUT2D eigenvalue weighted by atomic mass is 35.5. The maximum atomic E-state index is 13.5. The summed E-state index contributed by atoms with van der Waals surface area (Å²) < 4.78 is 53.4. The number of rotatable bonds is 0. The van der Waals surface area contributed by atoms with Gasteiger partial charge in [0.25, 0.3) is 0 Å². The molecular weight excluding hydrogens is 758 g/mol. The van der Waals surface area contributed by atoms with Crippen LogP contribution in [0.4, 0.5) is 17.6 Å². The second kappa shape index (κ2) is 18.4. The third-order valence-electron chi connectivity index (χ3n) is 7.58. The van der Waals surface area contributed by atoms with Crippen LogP contribution in [0.5, 0.6) is 0 Å². The summed E-state index contributed by atoms with van der Waals surface area (Å²) in [6, 6.07) is 14.6. The van der Waals surface area contributed by atoms with Crippen molar-refractivity contribution in [3.05, 3.63) is 136 Å². The fourth-order valence-corrected chi connectivity index (χ4v) is 7.18. The third kappa shape index (κ3) is 13.4. The van der Waals surface area contributed by atoms with Crippen molar-refractivity contribution in [3.63, 3.8) is 0 Å². The first-order valence-electron chi connectivity index (χ1n) is 16.4. The van der Waals surface area contributed by atoms with Crippen molar-refractivity contribution in [2.75, 3.05) is 0 Å². The smallest absolute Gasteiger partial charge is 0.148 e. The standard InChI is InChI=1S/C11H14Cl2.C11H14F2.C10H12Cl2.C10H11ClF2/c2*1-7-5-6-8(12)9(10(7)13)11(2,3)4;1-10(2,3)9-7(11)5-4-6-8(9)12;1-10(2,3)8-7(12)5-4-6(11)9(8)13/h2*5-6H,1-4H3;4-6H,1-3H3;4-5H,1-3H3. The van der Waals surface area contributed by atoms with E-state index in [2.05, 4.69) is 41.5 Å². The van der Waals surface area contributed by atoms with Crippen molar-refractivity contribution in [2.45, 2.75) is 119 Å². The number of aryl methyl sites for hydroxylation is 2. The van der Waals surface area contributed by atoms with Gasteiger partial charge in [0.15, 0.2) is 0 Å². The monoisotopic (exact) mass is 806 g/mol. The summed E-state index contributed by atoms with van der Waals surface area (Å²) >= 11 is 29.9. The molecule has 0 heterocycles. The molecule has 0 N–H and O–H groups in total.